The lowest BCUT2D eigenvalue weighted by molar-refractivity contribution is 0.660. The molecule has 0 saturated heterocycles. The van der Waals surface area contributed by atoms with E-state index in [1.807, 2.05) is 18.2 Å². The molecule has 3 nitrogen and oxygen atoms in total. The van der Waals surface area contributed by atoms with E-state index in [-0.39, 0.29) is 5.41 Å². The molecule has 342 valence electrons. The average Bonchev–Trinajstić information content (AvgIpc) is 4.22. The Morgan fingerprint density at radius 2 is 0.740 bits per heavy atom. The molecule has 3 heteroatoms. The molecule has 73 heavy (non-hydrogen) atoms. The van der Waals surface area contributed by atoms with Crippen LogP contribution in [0.1, 0.15) is 47.2 Å². The number of nitrogens with zero attached hydrogens (tertiary/aromatic N) is 1. The standard InChI is InChI=1S/C70H45NO2/c1-69(2)58-20-8-3-14-49(58)52-36-32-46(40-62(52)69)71(45-30-26-42(27-31-45)43-28-34-55-53-17-6-11-24-64(53)72-66(55)38-43)47-33-37-57-63(41-47)70(59-21-9-4-15-50(59)51-16-5-10-22-60(51)70)61-23-13-19-48(68(57)61)44-29-35-56-54-18-7-12-25-65(54)73-67(56)39-44/h3-41H,1-2H3. The average molecular weight is 932 g/mol. The summed E-state index contributed by atoms with van der Waals surface area (Å²) in [7, 11) is 0. The number of benzene rings is 11. The highest BCUT2D eigenvalue weighted by atomic mass is 16.3. The van der Waals surface area contributed by atoms with Crippen molar-refractivity contribution in [2.45, 2.75) is 24.7 Å². The molecule has 11 aromatic carbocycles. The molecule has 0 saturated carbocycles. The lowest BCUT2D eigenvalue weighted by atomic mass is 9.70. The van der Waals surface area contributed by atoms with Gasteiger partial charge in [0.2, 0.25) is 0 Å². The first kappa shape index (κ1) is 40.5. The van der Waals surface area contributed by atoms with Gasteiger partial charge in [-0.2, -0.15) is 0 Å². The summed E-state index contributed by atoms with van der Waals surface area (Å²) in [6.45, 7) is 4.74. The Morgan fingerprint density at radius 3 is 1.40 bits per heavy atom. The molecular formula is C70H45NO2. The lowest BCUT2D eigenvalue weighted by Crippen LogP contribution is -2.26. The van der Waals surface area contributed by atoms with Crippen LogP contribution in [-0.4, -0.2) is 0 Å². The summed E-state index contributed by atoms with van der Waals surface area (Å²) in [5.41, 5.74) is 26.3. The fourth-order valence-electron chi connectivity index (χ4n) is 13.4. The van der Waals surface area contributed by atoms with Crippen LogP contribution in [0.3, 0.4) is 0 Å². The van der Waals surface area contributed by atoms with Gasteiger partial charge in [0.25, 0.3) is 0 Å². The van der Waals surface area contributed by atoms with Gasteiger partial charge in [0.1, 0.15) is 22.3 Å². The molecule has 3 aliphatic rings. The lowest BCUT2D eigenvalue weighted by Gasteiger charge is -2.32. The van der Waals surface area contributed by atoms with Gasteiger partial charge in [-0.3, -0.25) is 0 Å². The zero-order valence-electron chi connectivity index (χ0n) is 40.3. The first-order valence-corrected chi connectivity index (χ1v) is 25.4. The van der Waals surface area contributed by atoms with E-state index in [4.69, 9.17) is 8.83 Å². The highest BCUT2D eigenvalue weighted by Crippen LogP contribution is 2.65. The minimum Gasteiger partial charge on any atom is -0.456 e. The van der Waals surface area contributed by atoms with Crippen LogP contribution in [0.2, 0.25) is 0 Å². The smallest absolute Gasteiger partial charge is 0.136 e. The van der Waals surface area contributed by atoms with Gasteiger partial charge in [0, 0.05) is 44.0 Å². The van der Waals surface area contributed by atoms with Crippen molar-refractivity contribution in [1.29, 1.82) is 0 Å². The van der Waals surface area contributed by atoms with Crippen molar-refractivity contribution in [2.75, 3.05) is 4.90 Å². The molecule has 0 amide bonds. The highest BCUT2D eigenvalue weighted by Gasteiger charge is 2.52. The molecular weight excluding hydrogens is 887 g/mol. The number of para-hydroxylation sites is 2. The third-order valence-electron chi connectivity index (χ3n) is 16.7. The van der Waals surface area contributed by atoms with E-state index in [9.17, 15) is 0 Å². The van der Waals surface area contributed by atoms with Gasteiger partial charge in [-0.1, -0.05) is 178 Å². The van der Waals surface area contributed by atoms with E-state index in [1.54, 1.807) is 0 Å². The predicted octanol–water partition coefficient (Wildman–Crippen LogP) is 18.9. The van der Waals surface area contributed by atoms with Gasteiger partial charge in [-0.05, 0) is 162 Å². The van der Waals surface area contributed by atoms with Crippen molar-refractivity contribution in [2.24, 2.45) is 0 Å². The molecule has 0 N–H and O–H groups in total. The molecule has 0 radical (unpaired) electrons. The molecule has 1 spiro atoms. The van der Waals surface area contributed by atoms with Crippen LogP contribution in [-0.2, 0) is 10.8 Å². The second-order valence-electron chi connectivity index (χ2n) is 20.7. The molecule has 3 aliphatic carbocycles. The van der Waals surface area contributed by atoms with Crippen LogP contribution in [0.5, 0.6) is 0 Å². The first-order chi connectivity index (χ1) is 35.9. The Balaban J connectivity index is 0.917. The number of hydrogen-bond donors (Lipinski definition) is 0. The van der Waals surface area contributed by atoms with Crippen molar-refractivity contribution in [3.05, 3.63) is 270 Å². The summed E-state index contributed by atoms with van der Waals surface area (Å²) >= 11 is 0. The molecule has 0 atom stereocenters. The number of rotatable bonds is 5. The Hall–Kier alpha value is -9.18. The summed E-state index contributed by atoms with van der Waals surface area (Å²) in [4.78, 5) is 2.48. The van der Waals surface area contributed by atoms with E-state index in [0.29, 0.717) is 0 Å². The molecule has 16 rings (SSSR count). The summed E-state index contributed by atoms with van der Waals surface area (Å²) in [6.07, 6.45) is 0. The van der Waals surface area contributed by atoms with Crippen LogP contribution in [0.25, 0.3) is 99.5 Å². The minimum absolute atomic E-state index is 0.171. The third-order valence-corrected chi connectivity index (χ3v) is 16.7. The van der Waals surface area contributed by atoms with Crippen LogP contribution in [0.4, 0.5) is 17.1 Å². The van der Waals surface area contributed by atoms with Crippen molar-refractivity contribution < 1.29 is 8.83 Å². The van der Waals surface area contributed by atoms with Gasteiger partial charge in [-0.25, -0.2) is 0 Å². The monoisotopic (exact) mass is 931 g/mol. The number of anilines is 3. The van der Waals surface area contributed by atoms with Crippen molar-refractivity contribution in [1.82, 2.24) is 0 Å². The zero-order valence-corrected chi connectivity index (χ0v) is 40.3. The third kappa shape index (κ3) is 5.49. The fourth-order valence-corrected chi connectivity index (χ4v) is 13.4. The molecule has 2 heterocycles. The Kier molecular flexibility index (Phi) is 8.16. The normalized spacial score (nSPS) is 14.1. The summed E-state index contributed by atoms with van der Waals surface area (Å²) in [5, 5.41) is 4.54. The van der Waals surface area contributed by atoms with Gasteiger partial charge >= 0.3 is 0 Å². The molecule has 13 aromatic rings. The van der Waals surface area contributed by atoms with Gasteiger partial charge in [0.15, 0.2) is 0 Å². The molecule has 0 fully saturated rings. The fraction of sp³-hybridized carbons (Fsp3) is 0.0571. The molecule has 0 unspecified atom stereocenters. The van der Waals surface area contributed by atoms with Gasteiger partial charge in [0.05, 0.1) is 5.41 Å². The molecule has 0 bridgehead atoms. The van der Waals surface area contributed by atoms with E-state index in [0.717, 1.165) is 77.6 Å². The highest BCUT2D eigenvalue weighted by molar-refractivity contribution is 6.08. The van der Waals surface area contributed by atoms with E-state index >= 15 is 0 Å². The number of fused-ring (bicyclic) bond motifs is 19. The van der Waals surface area contributed by atoms with Crippen molar-refractivity contribution in [3.63, 3.8) is 0 Å². The Labute approximate surface area is 422 Å². The van der Waals surface area contributed by atoms with E-state index < -0.39 is 5.41 Å². The molecule has 0 aliphatic heterocycles. The van der Waals surface area contributed by atoms with Crippen LogP contribution >= 0.6 is 0 Å². The van der Waals surface area contributed by atoms with E-state index in [2.05, 4.69) is 237 Å². The van der Waals surface area contributed by atoms with Crippen molar-refractivity contribution in [3.8, 4) is 55.6 Å². The van der Waals surface area contributed by atoms with Gasteiger partial charge in [-0.15, -0.1) is 0 Å². The Morgan fingerprint density at radius 1 is 0.288 bits per heavy atom. The zero-order chi connectivity index (χ0) is 48.2. The second kappa shape index (κ2) is 14.7. The van der Waals surface area contributed by atoms with Crippen LogP contribution < -0.4 is 4.90 Å². The number of furan rings is 2. The molecule has 2 aromatic heterocycles. The Bertz CT molecular complexity index is 4440. The summed E-state index contributed by atoms with van der Waals surface area (Å²) in [5.74, 6) is 0. The number of hydrogen-bond acceptors (Lipinski definition) is 3. The van der Waals surface area contributed by atoms with Crippen LogP contribution in [0, 0.1) is 0 Å². The second-order valence-corrected chi connectivity index (χ2v) is 20.7. The summed E-state index contributed by atoms with van der Waals surface area (Å²) in [6, 6.07) is 87.5. The van der Waals surface area contributed by atoms with Gasteiger partial charge < -0.3 is 13.7 Å². The summed E-state index contributed by atoms with van der Waals surface area (Å²) < 4.78 is 12.9. The maximum atomic E-state index is 6.53. The predicted molar refractivity (Wildman–Crippen MR) is 300 cm³/mol. The minimum atomic E-state index is -0.570. The quantitative estimate of drug-likeness (QED) is 0.172. The maximum Gasteiger partial charge on any atom is 0.136 e. The van der Waals surface area contributed by atoms with E-state index in [1.165, 1.54) is 72.3 Å². The van der Waals surface area contributed by atoms with Crippen molar-refractivity contribution >= 4 is 60.9 Å². The first-order valence-electron chi connectivity index (χ1n) is 25.4. The SMILES string of the molecule is CC1(C)c2ccccc2-c2ccc(N(c3ccc(-c4ccc5c(c4)oc4ccccc45)cc3)c3ccc4c(c3)C3(c5ccccc5-c5ccccc53)c3cccc(-c5ccc6c(c5)oc5ccccc56)c3-4)cc21. The topological polar surface area (TPSA) is 29.5 Å². The largest absolute Gasteiger partial charge is 0.456 e. The maximum absolute atomic E-state index is 6.53. The van der Waals surface area contributed by atoms with Crippen LogP contribution in [0.15, 0.2) is 245 Å².